The van der Waals surface area contributed by atoms with Crippen LogP contribution in [0.3, 0.4) is 0 Å². The minimum Gasteiger partial charge on any atom is -0.354 e. The van der Waals surface area contributed by atoms with Gasteiger partial charge >= 0.3 is 0 Å². The topological polar surface area (TPSA) is 57.2 Å². The van der Waals surface area contributed by atoms with E-state index >= 15 is 0 Å². The van der Waals surface area contributed by atoms with Crippen molar-refractivity contribution in [1.82, 2.24) is 14.4 Å². The number of benzene rings is 1. The molecule has 1 aliphatic rings. The summed E-state index contributed by atoms with van der Waals surface area (Å²) in [5, 5.41) is 9.07. The lowest BCUT2D eigenvalue weighted by molar-refractivity contribution is 0.928. The zero-order valence-electron chi connectivity index (χ0n) is 12.1. The van der Waals surface area contributed by atoms with Crippen molar-refractivity contribution in [3.8, 4) is 17.3 Å². The van der Waals surface area contributed by atoms with Crippen molar-refractivity contribution in [2.45, 2.75) is 12.8 Å². The van der Waals surface area contributed by atoms with Crippen molar-refractivity contribution in [3.05, 3.63) is 48.4 Å². The van der Waals surface area contributed by atoms with Crippen LogP contribution < -0.4 is 4.90 Å². The van der Waals surface area contributed by atoms with Gasteiger partial charge in [0.25, 0.3) is 0 Å². The molecular weight excluding hydrogens is 274 g/mol. The third-order valence-corrected chi connectivity index (χ3v) is 4.10. The summed E-state index contributed by atoms with van der Waals surface area (Å²) in [4.78, 5) is 11.4. The summed E-state index contributed by atoms with van der Waals surface area (Å²) in [6.07, 6.45) is 8.02. The predicted octanol–water partition coefficient (Wildman–Crippen LogP) is 2.87. The molecule has 22 heavy (non-hydrogen) atoms. The lowest BCUT2D eigenvalue weighted by atomic mass is 10.1. The summed E-state index contributed by atoms with van der Waals surface area (Å²) < 4.78 is 2.05. The molecule has 0 spiro atoms. The summed E-state index contributed by atoms with van der Waals surface area (Å²) in [5.74, 6) is 0.947. The van der Waals surface area contributed by atoms with Gasteiger partial charge in [-0.2, -0.15) is 5.26 Å². The molecule has 3 heterocycles. The van der Waals surface area contributed by atoms with E-state index in [-0.39, 0.29) is 0 Å². The highest BCUT2D eigenvalue weighted by molar-refractivity contribution is 5.72. The van der Waals surface area contributed by atoms with Crippen molar-refractivity contribution in [2.24, 2.45) is 0 Å². The molecule has 1 aliphatic heterocycles. The van der Waals surface area contributed by atoms with Gasteiger partial charge in [0.2, 0.25) is 0 Å². The zero-order valence-corrected chi connectivity index (χ0v) is 12.1. The second-order valence-electron chi connectivity index (χ2n) is 5.47. The van der Waals surface area contributed by atoms with Crippen molar-refractivity contribution in [2.75, 3.05) is 18.0 Å². The number of hydrogen-bond donors (Lipinski definition) is 0. The van der Waals surface area contributed by atoms with Crippen molar-refractivity contribution >= 4 is 11.5 Å². The third kappa shape index (κ3) is 2.01. The number of nitrogens with zero attached hydrogens (tertiary/aromatic N) is 5. The first-order valence-corrected chi connectivity index (χ1v) is 7.44. The Bertz CT molecular complexity index is 868. The van der Waals surface area contributed by atoms with Crippen LogP contribution in [-0.4, -0.2) is 27.5 Å². The van der Waals surface area contributed by atoms with E-state index in [1.165, 1.54) is 12.8 Å². The van der Waals surface area contributed by atoms with E-state index in [0.29, 0.717) is 5.56 Å². The molecule has 0 radical (unpaired) electrons. The van der Waals surface area contributed by atoms with E-state index in [1.54, 1.807) is 0 Å². The van der Waals surface area contributed by atoms with Crippen LogP contribution in [-0.2, 0) is 0 Å². The van der Waals surface area contributed by atoms with Gasteiger partial charge in [-0.25, -0.2) is 9.97 Å². The first-order chi connectivity index (χ1) is 10.9. The molecule has 0 N–H and O–H groups in total. The van der Waals surface area contributed by atoms with E-state index in [4.69, 9.17) is 5.26 Å². The van der Waals surface area contributed by atoms with Crippen molar-refractivity contribution in [3.63, 3.8) is 0 Å². The lowest BCUT2D eigenvalue weighted by Crippen LogP contribution is -2.19. The van der Waals surface area contributed by atoms with Crippen LogP contribution in [0, 0.1) is 11.3 Å². The largest absolute Gasteiger partial charge is 0.354 e. The first kappa shape index (κ1) is 12.8. The van der Waals surface area contributed by atoms with Gasteiger partial charge in [0.1, 0.15) is 0 Å². The standard InChI is InChI=1S/C17H15N5/c18-11-13-4-3-5-14(10-13)15-12-20-17-16(19-6-9-22(15)17)21-7-1-2-8-21/h3-6,9-10,12H,1-2,7-8H2. The van der Waals surface area contributed by atoms with E-state index in [0.717, 1.165) is 35.8 Å². The number of aromatic nitrogens is 3. The van der Waals surface area contributed by atoms with Crippen LogP contribution in [0.4, 0.5) is 5.82 Å². The Morgan fingerprint density at radius 2 is 2.00 bits per heavy atom. The van der Waals surface area contributed by atoms with Crippen LogP contribution in [0.5, 0.6) is 0 Å². The van der Waals surface area contributed by atoms with Crippen LogP contribution in [0.2, 0.25) is 0 Å². The maximum atomic E-state index is 9.07. The van der Waals surface area contributed by atoms with Gasteiger partial charge in [0, 0.05) is 31.0 Å². The number of imidazole rings is 1. The maximum absolute atomic E-state index is 9.07. The van der Waals surface area contributed by atoms with Gasteiger partial charge in [-0.15, -0.1) is 0 Å². The molecule has 2 aromatic heterocycles. The van der Waals surface area contributed by atoms with E-state index < -0.39 is 0 Å². The smallest absolute Gasteiger partial charge is 0.180 e. The highest BCUT2D eigenvalue weighted by atomic mass is 15.2. The Kier molecular flexibility index (Phi) is 3.01. The minimum atomic E-state index is 0.654. The van der Waals surface area contributed by atoms with Crippen LogP contribution in [0.15, 0.2) is 42.9 Å². The number of hydrogen-bond acceptors (Lipinski definition) is 4. The zero-order chi connectivity index (χ0) is 14.9. The molecule has 108 valence electrons. The van der Waals surface area contributed by atoms with Gasteiger partial charge in [-0.3, -0.25) is 4.40 Å². The number of rotatable bonds is 2. The monoisotopic (exact) mass is 289 g/mol. The summed E-state index contributed by atoms with van der Waals surface area (Å²) >= 11 is 0. The second kappa shape index (κ2) is 5.15. The molecule has 0 bridgehead atoms. The van der Waals surface area contributed by atoms with Crippen molar-refractivity contribution < 1.29 is 0 Å². The number of fused-ring (bicyclic) bond motifs is 1. The van der Waals surface area contributed by atoms with Gasteiger partial charge in [-0.1, -0.05) is 12.1 Å². The first-order valence-electron chi connectivity index (χ1n) is 7.44. The molecule has 1 aromatic carbocycles. The van der Waals surface area contributed by atoms with Crippen molar-refractivity contribution in [1.29, 1.82) is 5.26 Å². The molecule has 0 aliphatic carbocycles. The quantitative estimate of drug-likeness (QED) is 0.728. The van der Waals surface area contributed by atoms with E-state index in [1.807, 2.05) is 42.9 Å². The van der Waals surface area contributed by atoms with E-state index in [2.05, 4.69) is 25.3 Å². The molecule has 0 saturated carbocycles. The molecule has 5 nitrogen and oxygen atoms in total. The fourth-order valence-corrected chi connectivity index (χ4v) is 3.02. The molecular formula is C17H15N5. The minimum absolute atomic E-state index is 0.654. The highest BCUT2D eigenvalue weighted by Crippen LogP contribution is 2.27. The summed E-state index contributed by atoms with van der Waals surface area (Å²) in [5.41, 5.74) is 3.50. The average molecular weight is 289 g/mol. The lowest BCUT2D eigenvalue weighted by Gasteiger charge is -2.16. The number of anilines is 1. The highest BCUT2D eigenvalue weighted by Gasteiger charge is 2.18. The summed E-state index contributed by atoms with van der Waals surface area (Å²) in [7, 11) is 0. The SMILES string of the molecule is N#Cc1cccc(-c2cnc3c(N4CCCC4)nccn23)c1. The molecule has 0 unspecified atom stereocenters. The summed E-state index contributed by atoms with van der Waals surface area (Å²) in [6, 6.07) is 9.78. The van der Waals surface area contributed by atoms with Gasteiger partial charge in [0.15, 0.2) is 11.5 Å². The molecule has 3 aromatic rings. The van der Waals surface area contributed by atoms with Gasteiger partial charge < -0.3 is 4.90 Å². The molecule has 1 fully saturated rings. The Hall–Kier alpha value is -2.87. The summed E-state index contributed by atoms with van der Waals surface area (Å²) in [6.45, 7) is 2.08. The van der Waals surface area contributed by atoms with Crippen LogP contribution in [0.25, 0.3) is 16.9 Å². The molecule has 0 amide bonds. The third-order valence-electron chi connectivity index (χ3n) is 4.10. The van der Waals surface area contributed by atoms with E-state index in [9.17, 15) is 0 Å². The molecule has 1 saturated heterocycles. The number of nitriles is 1. The maximum Gasteiger partial charge on any atom is 0.180 e. The van der Waals surface area contributed by atoms with Gasteiger partial charge in [0.05, 0.1) is 23.5 Å². The average Bonchev–Trinajstić information content (AvgIpc) is 3.24. The van der Waals surface area contributed by atoms with Crippen LogP contribution in [0.1, 0.15) is 18.4 Å². The predicted molar refractivity (Wildman–Crippen MR) is 84.6 cm³/mol. The molecule has 0 atom stereocenters. The second-order valence-corrected chi connectivity index (χ2v) is 5.47. The normalized spacial score (nSPS) is 14.4. The fraction of sp³-hybridized carbons (Fsp3) is 0.235. The Balaban J connectivity index is 1.86. The Labute approximate surface area is 128 Å². The Morgan fingerprint density at radius 3 is 2.82 bits per heavy atom. The molecule has 5 heteroatoms. The van der Waals surface area contributed by atoms with Gasteiger partial charge in [-0.05, 0) is 25.0 Å². The fourth-order valence-electron chi connectivity index (χ4n) is 3.02. The molecule has 4 rings (SSSR count). The van der Waals surface area contributed by atoms with Crippen LogP contribution >= 0.6 is 0 Å². The Morgan fingerprint density at radius 1 is 1.14 bits per heavy atom.